The van der Waals surface area contributed by atoms with Crippen LogP contribution in [0.3, 0.4) is 0 Å². The Bertz CT molecular complexity index is 388. The predicted octanol–water partition coefficient (Wildman–Crippen LogP) is 2.10. The highest BCUT2D eigenvalue weighted by Crippen LogP contribution is 2.11. The summed E-state index contributed by atoms with van der Waals surface area (Å²) in [6, 6.07) is 8.94. The normalized spacial score (nSPS) is 19.8. The molecule has 1 aromatic rings. The molecular formula is C17H29N3. The molecule has 20 heavy (non-hydrogen) atoms. The van der Waals surface area contributed by atoms with E-state index in [1.807, 2.05) is 0 Å². The predicted molar refractivity (Wildman–Crippen MR) is 85.7 cm³/mol. The molecule has 1 aliphatic rings. The average molecular weight is 275 g/mol. The molecule has 0 radical (unpaired) electrons. The second-order valence-corrected chi connectivity index (χ2v) is 6.26. The molecular weight excluding hydrogens is 246 g/mol. The molecule has 0 aromatic heterocycles. The van der Waals surface area contributed by atoms with Gasteiger partial charge in [0, 0.05) is 26.2 Å². The molecule has 1 saturated heterocycles. The van der Waals surface area contributed by atoms with Crippen molar-refractivity contribution in [1.29, 1.82) is 0 Å². The summed E-state index contributed by atoms with van der Waals surface area (Å²) in [6.45, 7) is 12.2. The van der Waals surface area contributed by atoms with Crippen LogP contribution >= 0.6 is 0 Å². The zero-order valence-corrected chi connectivity index (χ0v) is 13.0. The third kappa shape index (κ3) is 4.89. The summed E-state index contributed by atoms with van der Waals surface area (Å²) in [4.78, 5) is 5.16. The fourth-order valence-electron chi connectivity index (χ4n) is 2.83. The van der Waals surface area contributed by atoms with Gasteiger partial charge < -0.3 is 10.6 Å². The molecule has 3 heteroatoms. The SMILES string of the molecule is Cc1ccc(CN2CCCN(CC(C)CN)CC2)cc1. The van der Waals surface area contributed by atoms with Crippen LogP contribution in [0.1, 0.15) is 24.5 Å². The summed E-state index contributed by atoms with van der Waals surface area (Å²) in [5.74, 6) is 0.610. The lowest BCUT2D eigenvalue weighted by atomic mass is 10.1. The number of aryl methyl sites for hydroxylation is 1. The van der Waals surface area contributed by atoms with Gasteiger partial charge in [-0.1, -0.05) is 36.8 Å². The highest BCUT2D eigenvalue weighted by Gasteiger charge is 2.16. The summed E-state index contributed by atoms with van der Waals surface area (Å²) in [5.41, 5.74) is 8.50. The molecule has 1 unspecified atom stereocenters. The number of benzene rings is 1. The van der Waals surface area contributed by atoms with Crippen LogP contribution in [0.15, 0.2) is 24.3 Å². The molecule has 1 fully saturated rings. The molecule has 1 atom stereocenters. The van der Waals surface area contributed by atoms with E-state index >= 15 is 0 Å². The van der Waals surface area contributed by atoms with Gasteiger partial charge in [-0.15, -0.1) is 0 Å². The van der Waals surface area contributed by atoms with Crippen LogP contribution in [0.25, 0.3) is 0 Å². The Morgan fingerprint density at radius 3 is 2.40 bits per heavy atom. The number of hydrogen-bond donors (Lipinski definition) is 1. The Kier molecular flexibility index (Phi) is 6.02. The largest absolute Gasteiger partial charge is 0.330 e. The van der Waals surface area contributed by atoms with E-state index in [0.29, 0.717) is 5.92 Å². The fourth-order valence-corrected chi connectivity index (χ4v) is 2.83. The average Bonchev–Trinajstić information content (AvgIpc) is 2.67. The van der Waals surface area contributed by atoms with E-state index in [9.17, 15) is 0 Å². The highest BCUT2D eigenvalue weighted by molar-refractivity contribution is 5.21. The maximum absolute atomic E-state index is 5.73. The Balaban J connectivity index is 1.81. The monoisotopic (exact) mass is 275 g/mol. The van der Waals surface area contributed by atoms with Crippen molar-refractivity contribution in [3.8, 4) is 0 Å². The third-order valence-corrected chi connectivity index (χ3v) is 4.18. The minimum absolute atomic E-state index is 0.610. The molecule has 112 valence electrons. The van der Waals surface area contributed by atoms with Crippen molar-refractivity contribution in [3.05, 3.63) is 35.4 Å². The van der Waals surface area contributed by atoms with Crippen molar-refractivity contribution < 1.29 is 0 Å². The number of nitrogens with zero attached hydrogens (tertiary/aromatic N) is 2. The maximum atomic E-state index is 5.73. The van der Waals surface area contributed by atoms with Crippen LogP contribution in [0.4, 0.5) is 0 Å². The van der Waals surface area contributed by atoms with Gasteiger partial charge in [0.25, 0.3) is 0 Å². The van der Waals surface area contributed by atoms with Crippen LogP contribution in [0, 0.1) is 12.8 Å². The topological polar surface area (TPSA) is 32.5 Å². The molecule has 2 N–H and O–H groups in total. The zero-order valence-electron chi connectivity index (χ0n) is 13.0. The Morgan fingerprint density at radius 2 is 1.70 bits per heavy atom. The molecule has 0 bridgehead atoms. The van der Waals surface area contributed by atoms with E-state index in [-0.39, 0.29) is 0 Å². The van der Waals surface area contributed by atoms with Crippen molar-refractivity contribution in [2.75, 3.05) is 39.3 Å². The standard InChI is InChI=1S/C17H29N3/c1-15-4-6-17(7-5-15)14-20-9-3-8-19(10-11-20)13-16(2)12-18/h4-7,16H,3,8-14,18H2,1-2H3. The molecule has 0 saturated carbocycles. The van der Waals surface area contributed by atoms with Crippen LogP contribution < -0.4 is 5.73 Å². The Hall–Kier alpha value is -0.900. The van der Waals surface area contributed by atoms with Gasteiger partial charge in [-0.2, -0.15) is 0 Å². The smallest absolute Gasteiger partial charge is 0.0234 e. The second kappa shape index (κ2) is 7.77. The Labute approximate surface area is 123 Å². The van der Waals surface area contributed by atoms with E-state index in [4.69, 9.17) is 5.73 Å². The first kappa shape index (κ1) is 15.5. The van der Waals surface area contributed by atoms with Gasteiger partial charge >= 0.3 is 0 Å². The molecule has 0 spiro atoms. The van der Waals surface area contributed by atoms with E-state index in [0.717, 1.165) is 19.6 Å². The van der Waals surface area contributed by atoms with Crippen molar-refractivity contribution >= 4 is 0 Å². The maximum Gasteiger partial charge on any atom is 0.0234 e. The molecule has 1 heterocycles. The van der Waals surface area contributed by atoms with E-state index in [2.05, 4.69) is 47.9 Å². The lowest BCUT2D eigenvalue weighted by molar-refractivity contribution is 0.232. The summed E-state index contributed by atoms with van der Waals surface area (Å²) in [5, 5.41) is 0. The van der Waals surface area contributed by atoms with Crippen LogP contribution in [-0.2, 0) is 6.54 Å². The van der Waals surface area contributed by atoms with Gasteiger partial charge in [-0.3, -0.25) is 4.90 Å². The van der Waals surface area contributed by atoms with E-state index in [1.54, 1.807) is 0 Å². The quantitative estimate of drug-likeness (QED) is 0.893. The fraction of sp³-hybridized carbons (Fsp3) is 0.647. The minimum Gasteiger partial charge on any atom is -0.330 e. The van der Waals surface area contributed by atoms with E-state index in [1.165, 1.54) is 43.7 Å². The third-order valence-electron chi connectivity index (χ3n) is 4.18. The van der Waals surface area contributed by atoms with Crippen LogP contribution in [0.5, 0.6) is 0 Å². The lowest BCUT2D eigenvalue weighted by Crippen LogP contribution is -2.35. The van der Waals surface area contributed by atoms with Crippen molar-refractivity contribution in [3.63, 3.8) is 0 Å². The van der Waals surface area contributed by atoms with Crippen LogP contribution in [-0.4, -0.2) is 49.1 Å². The molecule has 1 aliphatic heterocycles. The van der Waals surface area contributed by atoms with Gasteiger partial charge in [0.15, 0.2) is 0 Å². The van der Waals surface area contributed by atoms with Crippen LogP contribution in [0.2, 0.25) is 0 Å². The summed E-state index contributed by atoms with van der Waals surface area (Å²) >= 11 is 0. The van der Waals surface area contributed by atoms with Gasteiger partial charge in [0.2, 0.25) is 0 Å². The van der Waals surface area contributed by atoms with Gasteiger partial charge in [-0.05, 0) is 44.5 Å². The summed E-state index contributed by atoms with van der Waals surface area (Å²) in [6.07, 6.45) is 1.27. The van der Waals surface area contributed by atoms with Crippen molar-refractivity contribution in [2.45, 2.75) is 26.8 Å². The second-order valence-electron chi connectivity index (χ2n) is 6.26. The summed E-state index contributed by atoms with van der Waals surface area (Å²) < 4.78 is 0. The first-order valence-corrected chi connectivity index (χ1v) is 7.87. The molecule has 1 aromatic carbocycles. The molecule has 0 aliphatic carbocycles. The van der Waals surface area contributed by atoms with Crippen molar-refractivity contribution in [1.82, 2.24) is 9.80 Å². The van der Waals surface area contributed by atoms with Gasteiger partial charge in [0.05, 0.1) is 0 Å². The first-order chi connectivity index (χ1) is 9.67. The first-order valence-electron chi connectivity index (χ1n) is 7.87. The Morgan fingerprint density at radius 1 is 1.05 bits per heavy atom. The van der Waals surface area contributed by atoms with E-state index < -0.39 is 0 Å². The van der Waals surface area contributed by atoms with Gasteiger partial charge in [0.1, 0.15) is 0 Å². The minimum atomic E-state index is 0.610. The van der Waals surface area contributed by atoms with Gasteiger partial charge in [-0.25, -0.2) is 0 Å². The number of hydrogen-bond acceptors (Lipinski definition) is 3. The zero-order chi connectivity index (χ0) is 14.4. The molecule has 0 amide bonds. The summed E-state index contributed by atoms with van der Waals surface area (Å²) in [7, 11) is 0. The number of nitrogens with two attached hydrogens (primary N) is 1. The lowest BCUT2D eigenvalue weighted by Gasteiger charge is -2.24. The molecule has 2 rings (SSSR count). The highest BCUT2D eigenvalue weighted by atomic mass is 15.2. The number of rotatable bonds is 5. The molecule has 3 nitrogen and oxygen atoms in total. The van der Waals surface area contributed by atoms with Crippen molar-refractivity contribution in [2.24, 2.45) is 11.7 Å².